The average Bonchev–Trinajstić information content (AvgIpc) is 2.51. The zero-order valence-corrected chi connectivity index (χ0v) is 12.7. The molecule has 0 spiro atoms. The maximum Gasteiger partial charge on any atom is 0.239 e. The molecule has 1 amide bonds. The first-order valence-corrected chi connectivity index (χ1v) is 7.07. The van der Waals surface area contributed by atoms with Gasteiger partial charge >= 0.3 is 0 Å². The van der Waals surface area contributed by atoms with Crippen LogP contribution in [0.15, 0.2) is 24.3 Å². The molecule has 6 nitrogen and oxygen atoms in total. The molecule has 0 atom stereocenters. The number of ether oxygens (including phenoxy) is 3. The van der Waals surface area contributed by atoms with Crippen LogP contribution in [0.1, 0.15) is 6.92 Å². The van der Waals surface area contributed by atoms with Gasteiger partial charge in [0.25, 0.3) is 0 Å². The fourth-order valence-electron chi connectivity index (χ4n) is 1.62. The number of para-hydroxylation sites is 2. The minimum Gasteiger partial charge on any atom is -0.489 e. The van der Waals surface area contributed by atoms with Crippen LogP contribution in [0.25, 0.3) is 0 Å². The zero-order chi connectivity index (χ0) is 15.3. The maximum atomic E-state index is 11.6. The Hall–Kier alpha value is -1.79. The van der Waals surface area contributed by atoms with Crippen LogP contribution in [0.2, 0.25) is 0 Å². The fourth-order valence-corrected chi connectivity index (χ4v) is 1.62. The van der Waals surface area contributed by atoms with Gasteiger partial charge in [0.1, 0.15) is 12.4 Å². The number of amides is 1. The smallest absolute Gasteiger partial charge is 0.239 e. The molecular weight excluding hydrogens is 272 g/mol. The molecule has 0 saturated heterocycles. The van der Waals surface area contributed by atoms with E-state index in [2.05, 4.69) is 10.6 Å². The highest BCUT2D eigenvalue weighted by molar-refractivity contribution is 5.81. The zero-order valence-electron chi connectivity index (χ0n) is 12.7. The summed E-state index contributed by atoms with van der Waals surface area (Å²) in [6.07, 6.45) is 0. The van der Waals surface area contributed by atoms with E-state index in [1.165, 1.54) is 0 Å². The van der Waals surface area contributed by atoms with Gasteiger partial charge in [-0.25, -0.2) is 0 Å². The summed E-state index contributed by atoms with van der Waals surface area (Å²) in [7, 11) is 1.60. The lowest BCUT2D eigenvalue weighted by atomic mass is 10.3. The third-order valence-electron chi connectivity index (χ3n) is 2.64. The van der Waals surface area contributed by atoms with Crippen molar-refractivity contribution in [2.75, 3.05) is 51.9 Å². The molecule has 0 aromatic heterocycles. The molecule has 118 valence electrons. The summed E-state index contributed by atoms with van der Waals surface area (Å²) in [5, 5.41) is 5.81. The van der Waals surface area contributed by atoms with Gasteiger partial charge < -0.3 is 24.8 Å². The molecule has 0 radical (unpaired) electrons. The maximum absolute atomic E-state index is 11.6. The standard InChI is InChI=1S/C15H24N2O4/c1-3-20-10-11-21-14-7-5-4-6-13(14)17-12-15(18)16-8-9-19-2/h4-7,17H,3,8-12H2,1-2H3,(H,16,18). The summed E-state index contributed by atoms with van der Waals surface area (Å²) in [6.45, 7) is 4.83. The third-order valence-corrected chi connectivity index (χ3v) is 2.64. The molecule has 0 fully saturated rings. The van der Waals surface area contributed by atoms with Gasteiger partial charge in [-0.05, 0) is 19.1 Å². The summed E-state index contributed by atoms with van der Waals surface area (Å²) >= 11 is 0. The van der Waals surface area contributed by atoms with Gasteiger partial charge in [0.05, 0.1) is 25.4 Å². The van der Waals surface area contributed by atoms with Crippen molar-refractivity contribution in [1.29, 1.82) is 0 Å². The number of methoxy groups -OCH3 is 1. The van der Waals surface area contributed by atoms with Crippen molar-refractivity contribution in [2.45, 2.75) is 6.92 Å². The van der Waals surface area contributed by atoms with Crippen LogP contribution in [0.3, 0.4) is 0 Å². The highest BCUT2D eigenvalue weighted by Crippen LogP contribution is 2.23. The van der Waals surface area contributed by atoms with Crippen molar-refractivity contribution in [3.63, 3.8) is 0 Å². The van der Waals surface area contributed by atoms with Crippen LogP contribution >= 0.6 is 0 Å². The molecule has 1 aromatic rings. The lowest BCUT2D eigenvalue weighted by molar-refractivity contribution is -0.119. The van der Waals surface area contributed by atoms with Gasteiger partial charge in [0.15, 0.2) is 0 Å². The van der Waals surface area contributed by atoms with Crippen LogP contribution in [-0.4, -0.2) is 52.5 Å². The third kappa shape index (κ3) is 7.53. The number of carbonyl (C=O) groups is 1. The lowest BCUT2D eigenvalue weighted by Crippen LogP contribution is -2.32. The number of benzene rings is 1. The molecule has 6 heteroatoms. The Balaban J connectivity index is 2.38. The van der Waals surface area contributed by atoms with E-state index < -0.39 is 0 Å². The summed E-state index contributed by atoms with van der Waals surface area (Å²) < 4.78 is 15.7. The SMILES string of the molecule is CCOCCOc1ccccc1NCC(=O)NCCOC. The van der Waals surface area contributed by atoms with Gasteiger partial charge in [-0.2, -0.15) is 0 Å². The number of anilines is 1. The molecular formula is C15H24N2O4. The molecule has 0 heterocycles. The molecule has 0 bridgehead atoms. The van der Waals surface area contributed by atoms with E-state index in [1.807, 2.05) is 31.2 Å². The quantitative estimate of drug-likeness (QED) is 0.602. The van der Waals surface area contributed by atoms with Gasteiger partial charge in [0, 0.05) is 20.3 Å². The first-order valence-electron chi connectivity index (χ1n) is 7.07. The van der Waals surface area contributed by atoms with Crippen molar-refractivity contribution in [1.82, 2.24) is 5.32 Å². The molecule has 0 aliphatic rings. The van der Waals surface area contributed by atoms with E-state index in [0.717, 1.165) is 5.69 Å². The Morgan fingerprint density at radius 1 is 1.19 bits per heavy atom. The van der Waals surface area contributed by atoms with E-state index in [4.69, 9.17) is 14.2 Å². The van der Waals surface area contributed by atoms with Crippen LogP contribution in [-0.2, 0) is 14.3 Å². The second kappa shape index (κ2) is 10.9. The number of hydrogen-bond donors (Lipinski definition) is 2. The second-order valence-corrected chi connectivity index (χ2v) is 4.24. The number of nitrogens with one attached hydrogen (secondary N) is 2. The topological polar surface area (TPSA) is 68.8 Å². The monoisotopic (exact) mass is 296 g/mol. The average molecular weight is 296 g/mol. The van der Waals surface area contributed by atoms with Crippen molar-refractivity contribution >= 4 is 11.6 Å². The minimum absolute atomic E-state index is 0.0869. The summed E-state index contributed by atoms with van der Waals surface area (Å²) in [6, 6.07) is 7.51. The molecule has 2 N–H and O–H groups in total. The Kier molecular flexibility index (Phi) is 8.99. The van der Waals surface area contributed by atoms with Gasteiger partial charge in [0.2, 0.25) is 5.91 Å². The molecule has 1 rings (SSSR count). The first kappa shape index (κ1) is 17.3. The van der Waals surface area contributed by atoms with E-state index >= 15 is 0 Å². The predicted octanol–water partition coefficient (Wildman–Crippen LogP) is 1.28. The molecule has 0 aliphatic carbocycles. The fraction of sp³-hybridized carbons (Fsp3) is 0.533. The molecule has 1 aromatic carbocycles. The molecule has 0 saturated carbocycles. The molecule has 21 heavy (non-hydrogen) atoms. The Bertz CT molecular complexity index is 412. The second-order valence-electron chi connectivity index (χ2n) is 4.24. The van der Waals surface area contributed by atoms with Crippen LogP contribution < -0.4 is 15.4 Å². The molecule has 0 aliphatic heterocycles. The van der Waals surface area contributed by atoms with Crippen molar-refractivity contribution < 1.29 is 19.0 Å². The normalized spacial score (nSPS) is 10.2. The summed E-state index contributed by atoms with van der Waals surface area (Å²) in [5.41, 5.74) is 0.788. The Morgan fingerprint density at radius 2 is 2.00 bits per heavy atom. The predicted molar refractivity (Wildman–Crippen MR) is 81.8 cm³/mol. The number of hydrogen-bond acceptors (Lipinski definition) is 5. The van der Waals surface area contributed by atoms with Gasteiger partial charge in [-0.1, -0.05) is 12.1 Å². The van der Waals surface area contributed by atoms with Crippen LogP contribution in [0, 0.1) is 0 Å². The Morgan fingerprint density at radius 3 is 2.76 bits per heavy atom. The summed E-state index contributed by atoms with van der Waals surface area (Å²) in [5.74, 6) is 0.623. The van der Waals surface area contributed by atoms with E-state index in [0.29, 0.717) is 38.7 Å². The van der Waals surface area contributed by atoms with Crippen molar-refractivity contribution in [2.24, 2.45) is 0 Å². The highest BCUT2D eigenvalue weighted by Gasteiger charge is 2.05. The number of rotatable bonds is 11. The lowest BCUT2D eigenvalue weighted by Gasteiger charge is -2.13. The van der Waals surface area contributed by atoms with Crippen molar-refractivity contribution in [3.8, 4) is 5.75 Å². The highest BCUT2D eigenvalue weighted by atomic mass is 16.5. The van der Waals surface area contributed by atoms with Crippen LogP contribution in [0.5, 0.6) is 5.75 Å². The van der Waals surface area contributed by atoms with Gasteiger partial charge in [-0.3, -0.25) is 4.79 Å². The summed E-state index contributed by atoms with van der Waals surface area (Å²) in [4.78, 5) is 11.6. The minimum atomic E-state index is -0.0869. The first-order chi connectivity index (χ1) is 10.3. The number of carbonyl (C=O) groups excluding carboxylic acids is 1. The van der Waals surface area contributed by atoms with Crippen LogP contribution in [0.4, 0.5) is 5.69 Å². The molecule has 0 unspecified atom stereocenters. The largest absolute Gasteiger partial charge is 0.489 e. The van der Waals surface area contributed by atoms with E-state index in [-0.39, 0.29) is 12.5 Å². The Labute approximate surface area is 125 Å². The van der Waals surface area contributed by atoms with E-state index in [1.54, 1.807) is 7.11 Å². The van der Waals surface area contributed by atoms with Crippen molar-refractivity contribution in [3.05, 3.63) is 24.3 Å². The van der Waals surface area contributed by atoms with E-state index in [9.17, 15) is 4.79 Å². The van der Waals surface area contributed by atoms with Gasteiger partial charge in [-0.15, -0.1) is 0 Å².